The maximum Gasteiger partial charge on any atom is 0.254 e. The third-order valence-corrected chi connectivity index (χ3v) is 12.6. The first-order chi connectivity index (χ1) is 24.6. The number of rotatable bonds is 2. The van der Waals surface area contributed by atoms with Crippen LogP contribution in [0.5, 0.6) is 11.5 Å². The number of thiophene rings is 1. The highest BCUT2D eigenvalue weighted by Crippen LogP contribution is 2.52. The molecule has 0 radical (unpaired) electrons. The van der Waals surface area contributed by atoms with Gasteiger partial charge in [0.15, 0.2) is 11.5 Å². The van der Waals surface area contributed by atoms with E-state index in [2.05, 4.69) is 159 Å². The highest BCUT2D eigenvalue weighted by atomic mass is 32.1. The van der Waals surface area contributed by atoms with E-state index in [0.29, 0.717) is 0 Å². The SMILES string of the molecule is Cc1cc2c3c(c1)N(c1c(C)cc(C(C)(C)C)cc1C)c1sc4ccccc4c1B3c1cc3c(cc1N2c1c(C)cc(C(C)(C)C)cc1C)OCO3. The molecule has 0 saturated heterocycles. The fourth-order valence-electron chi connectivity index (χ4n) is 8.94. The molecule has 0 amide bonds. The highest BCUT2D eigenvalue weighted by molar-refractivity contribution is 7.26. The van der Waals surface area contributed by atoms with Crippen molar-refractivity contribution in [2.45, 2.75) is 87.0 Å². The van der Waals surface area contributed by atoms with E-state index < -0.39 is 0 Å². The fraction of sp³-hybridized carbons (Fsp3) is 0.304. The molecule has 52 heavy (non-hydrogen) atoms. The first-order valence-electron chi connectivity index (χ1n) is 18.5. The number of anilines is 6. The molecule has 0 N–H and O–H groups in total. The molecule has 0 fully saturated rings. The predicted octanol–water partition coefficient (Wildman–Crippen LogP) is 10.8. The molecule has 3 aliphatic rings. The van der Waals surface area contributed by atoms with E-state index in [1.807, 2.05) is 11.3 Å². The molecular formula is C46H47BN2O2S. The Hall–Kier alpha value is -4.68. The van der Waals surface area contributed by atoms with Gasteiger partial charge in [-0.2, -0.15) is 0 Å². The van der Waals surface area contributed by atoms with E-state index in [4.69, 9.17) is 9.47 Å². The van der Waals surface area contributed by atoms with Crippen LogP contribution in [0.15, 0.2) is 72.8 Å². The van der Waals surface area contributed by atoms with Crippen LogP contribution in [0.25, 0.3) is 10.1 Å². The van der Waals surface area contributed by atoms with Gasteiger partial charge in [0.05, 0.1) is 16.4 Å². The molecule has 3 aliphatic heterocycles. The molecular weight excluding hydrogens is 655 g/mol. The number of fused-ring (bicyclic) bond motifs is 7. The molecule has 0 unspecified atom stereocenters. The van der Waals surface area contributed by atoms with Gasteiger partial charge in [-0.05, 0) is 130 Å². The van der Waals surface area contributed by atoms with Gasteiger partial charge in [-0.1, -0.05) is 84.0 Å². The van der Waals surface area contributed by atoms with E-state index in [-0.39, 0.29) is 24.3 Å². The van der Waals surface area contributed by atoms with Crippen molar-refractivity contribution in [2.24, 2.45) is 0 Å². The fourth-order valence-corrected chi connectivity index (χ4v) is 10.2. The Morgan fingerprint density at radius 2 is 1.12 bits per heavy atom. The minimum atomic E-state index is 0.0117. The van der Waals surface area contributed by atoms with Crippen molar-refractivity contribution in [2.75, 3.05) is 16.6 Å². The number of nitrogens with zero attached hydrogens (tertiary/aromatic N) is 2. The van der Waals surface area contributed by atoms with Gasteiger partial charge in [-0.3, -0.25) is 0 Å². The normalized spacial score (nSPS) is 14.6. The third kappa shape index (κ3) is 4.79. The van der Waals surface area contributed by atoms with Gasteiger partial charge in [-0.25, -0.2) is 0 Å². The Kier molecular flexibility index (Phi) is 7.12. The second kappa shape index (κ2) is 11.2. The van der Waals surface area contributed by atoms with Crippen molar-refractivity contribution < 1.29 is 9.47 Å². The van der Waals surface area contributed by atoms with Gasteiger partial charge < -0.3 is 19.3 Å². The van der Waals surface area contributed by atoms with Crippen molar-refractivity contribution in [3.8, 4) is 11.5 Å². The molecule has 0 atom stereocenters. The van der Waals surface area contributed by atoms with Crippen molar-refractivity contribution in [3.05, 3.63) is 112 Å². The molecule has 0 saturated carbocycles. The van der Waals surface area contributed by atoms with Crippen LogP contribution in [0.4, 0.5) is 33.4 Å². The van der Waals surface area contributed by atoms with E-state index in [1.54, 1.807) is 0 Å². The molecule has 9 rings (SSSR count). The lowest BCUT2D eigenvalue weighted by Gasteiger charge is -2.44. The zero-order valence-corrected chi connectivity index (χ0v) is 33.1. The van der Waals surface area contributed by atoms with Crippen molar-refractivity contribution in [1.29, 1.82) is 0 Å². The van der Waals surface area contributed by atoms with Crippen LogP contribution in [0.2, 0.25) is 0 Å². The van der Waals surface area contributed by atoms with Crippen molar-refractivity contribution in [1.82, 2.24) is 0 Å². The third-order valence-electron chi connectivity index (χ3n) is 11.4. The summed E-state index contributed by atoms with van der Waals surface area (Å²) in [5.74, 6) is 1.63. The Morgan fingerprint density at radius 3 is 1.69 bits per heavy atom. The molecule has 5 aromatic carbocycles. The standard InChI is InChI=1S/C46H47BN2O2S/c1-25-16-35-41-36(17-25)49(43-28(4)20-31(21-29(43)5)46(9,10)11)44-40(32-14-12-13-15-39(32)52-44)47(41)33-22-37-38(51-24-50-37)23-34(33)48(35)42-26(2)18-30(19-27(42)3)45(6,7)8/h12-23H,24H2,1-11H3. The van der Waals surface area contributed by atoms with Gasteiger partial charge in [-0.15, -0.1) is 11.3 Å². The number of hydrogen-bond acceptors (Lipinski definition) is 5. The van der Waals surface area contributed by atoms with Crippen LogP contribution in [0.3, 0.4) is 0 Å². The molecule has 4 heterocycles. The zero-order valence-electron chi connectivity index (χ0n) is 32.3. The summed E-state index contributed by atoms with van der Waals surface area (Å²) in [6.45, 7) is 25.5. The summed E-state index contributed by atoms with van der Waals surface area (Å²) in [5, 5.41) is 2.61. The molecule has 1 aromatic heterocycles. The Balaban J connectivity index is 1.41. The summed E-state index contributed by atoms with van der Waals surface area (Å²) in [6.07, 6.45) is 0. The summed E-state index contributed by atoms with van der Waals surface area (Å²) >= 11 is 1.91. The smallest absolute Gasteiger partial charge is 0.254 e. The van der Waals surface area contributed by atoms with Gasteiger partial charge in [0.2, 0.25) is 6.79 Å². The van der Waals surface area contributed by atoms with E-state index >= 15 is 0 Å². The number of ether oxygens (including phenoxy) is 2. The molecule has 0 spiro atoms. The van der Waals surface area contributed by atoms with Crippen LogP contribution in [-0.2, 0) is 10.8 Å². The first-order valence-corrected chi connectivity index (χ1v) is 19.4. The van der Waals surface area contributed by atoms with E-state index in [9.17, 15) is 0 Å². The molecule has 0 aliphatic carbocycles. The number of aryl methyl sites for hydroxylation is 5. The molecule has 6 heteroatoms. The Morgan fingerprint density at radius 1 is 0.596 bits per heavy atom. The number of benzene rings is 5. The lowest BCUT2D eigenvalue weighted by atomic mass is 9.33. The van der Waals surface area contributed by atoms with E-state index in [0.717, 1.165) is 17.2 Å². The van der Waals surface area contributed by atoms with Crippen molar-refractivity contribution in [3.63, 3.8) is 0 Å². The molecule has 262 valence electrons. The first kappa shape index (κ1) is 33.2. The second-order valence-electron chi connectivity index (χ2n) is 17.3. The maximum absolute atomic E-state index is 6.12. The monoisotopic (exact) mass is 702 g/mol. The lowest BCUT2D eigenvalue weighted by Crippen LogP contribution is -2.61. The quantitative estimate of drug-likeness (QED) is 0.168. The largest absolute Gasteiger partial charge is 0.454 e. The lowest BCUT2D eigenvalue weighted by molar-refractivity contribution is 0.174. The summed E-state index contributed by atoms with van der Waals surface area (Å²) < 4.78 is 13.5. The van der Waals surface area contributed by atoms with Crippen LogP contribution in [0, 0.1) is 34.6 Å². The second-order valence-corrected chi connectivity index (χ2v) is 18.3. The van der Waals surface area contributed by atoms with Crippen LogP contribution in [-0.4, -0.2) is 13.5 Å². The molecule has 6 aromatic rings. The number of hydrogen-bond donors (Lipinski definition) is 0. The average molecular weight is 703 g/mol. The average Bonchev–Trinajstić information content (AvgIpc) is 3.68. The zero-order chi connectivity index (χ0) is 36.6. The highest BCUT2D eigenvalue weighted by Gasteiger charge is 2.47. The van der Waals surface area contributed by atoms with Crippen LogP contribution < -0.4 is 35.7 Å². The predicted molar refractivity (Wildman–Crippen MR) is 223 cm³/mol. The topological polar surface area (TPSA) is 24.9 Å². The van der Waals surface area contributed by atoms with E-state index in [1.165, 1.54) is 93.2 Å². The summed E-state index contributed by atoms with van der Waals surface area (Å²) in [6, 6.07) is 27.9. The Bertz CT molecular complexity index is 2450. The molecule has 4 nitrogen and oxygen atoms in total. The van der Waals surface area contributed by atoms with Gasteiger partial charge in [0.25, 0.3) is 6.71 Å². The van der Waals surface area contributed by atoms with Crippen LogP contribution in [0.1, 0.15) is 80.5 Å². The summed E-state index contributed by atoms with van der Waals surface area (Å²) in [7, 11) is 0. The van der Waals surface area contributed by atoms with Gasteiger partial charge in [0, 0.05) is 27.8 Å². The van der Waals surface area contributed by atoms with Gasteiger partial charge >= 0.3 is 0 Å². The minimum Gasteiger partial charge on any atom is -0.454 e. The van der Waals surface area contributed by atoms with Crippen molar-refractivity contribution >= 4 is 78.0 Å². The summed E-state index contributed by atoms with van der Waals surface area (Å²) in [4.78, 5) is 5.15. The van der Waals surface area contributed by atoms with Crippen LogP contribution >= 0.6 is 11.3 Å². The summed E-state index contributed by atoms with van der Waals surface area (Å²) in [5.41, 5.74) is 19.3. The Labute approximate surface area is 313 Å². The van der Waals surface area contributed by atoms with Gasteiger partial charge in [0.1, 0.15) is 0 Å². The minimum absolute atomic E-state index is 0.0117. The molecule has 0 bridgehead atoms. The maximum atomic E-state index is 6.12.